The fourth-order valence-corrected chi connectivity index (χ4v) is 2.74. The number of halogens is 1. The van der Waals surface area contributed by atoms with E-state index in [1.165, 1.54) is 0 Å². The quantitative estimate of drug-likeness (QED) is 0.356. The zero-order valence-corrected chi connectivity index (χ0v) is 16.2. The Morgan fingerprint density at radius 2 is 1.79 bits per heavy atom. The van der Waals surface area contributed by atoms with Crippen LogP contribution in [-0.4, -0.2) is 37.6 Å². The number of ether oxygens (including phenoxy) is 2. The molecule has 0 saturated carbocycles. The lowest BCUT2D eigenvalue weighted by Crippen LogP contribution is -2.13. The van der Waals surface area contributed by atoms with Gasteiger partial charge in [-0.05, 0) is 54.5 Å². The second-order valence-electron chi connectivity index (χ2n) is 6.55. The lowest BCUT2D eigenvalue weighted by molar-refractivity contribution is -0.139. The van der Waals surface area contributed by atoms with Crippen LogP contribution < -0.4 is 4.74 Å². The van der Waals surface area contributed by atoms with Crippen LogP contribution in [0.2, 0.25) is 0 Å². The summed E-state index contributed by atoms with van der Waals surface area (Å²) in [6.45, 7) is 5.17. The Balaban J connectivity index is 2.08. The smallest absolute Gasteiger partial charge is 0.333 e. The Hall–Kier alpha value is -2.66. The number of hydrogen-bond acceptors (Lipinski definition) is 4. The number of benzene rings is 2. The third-order valence-corrected chi connectivity index (χ3v) is 4.26. The van der Waals surface area contributed by atoms with E-state index in [-0.39, 0.29) is 26.5 Å². The summed E-state index contributed by atoms with van der Waals surface area (Å²) in [6.07, 6.45) is 1.73. The molecule has 0 amide bonds. The number of aliphatic hydroxyl groups is 1. The Morgan fingerprint density at radius 1 is 1.07 bits per heavy atom. The van der Waals surface area contributed by atoms with Gasteiger partial charge in [0, 0.05) is 12.2 Å². The molecule has 0 heterocycles. The first kappa shape index (κ1) is 21.6. The molecule has 0 spiro atoms. The molecule has 0 saturated heterocycles. The van der Waals surface area contributed by atoms with Crippen molar-refractivity contribution in [3.63, 3.8) is 0 Å². The Kier molecular flexibility index (Phi) is 8.69. The number of esters is 1. The van der Waals surface area contributed by atoms with Crippen LogP contribution in [0.15, 0.2) is 54.6 Å². The topological polar surface area (TPSA) is 55.8 Å². The fraction of sp³-hybridized carbons (Fsp3) is 0.348. The van der Waals surface area contributed by atoms with Gasteiger partial charge >= 0.3 is 5.97 Å². The van der Waals surface area contributed by atoms with E-state index >= 15 is 0 Å². The minimum Gasteiger partial charge on any atom is -0.490 e. The molecule has 0 aliphatic rings. The molecular formula is C23H27FO4. The predicted molar refractivity (Wildman–Crippen MR) is 108 cm³/mol. The standard InChI is InChI=1S/C23H27FO4/c1-17(2)23(26)28-15-14-27-22-16-21(10-9-20(22)11-13-25)19-7-5-18(6-8-19)4-3-12-24/h5-10,16,25H,1,3-4,11-15H2,2H3. The van der Waals surface area contributed by atoms with Gasteiger partial charge in [-0.15, -0.1) is 0 Å². The van der Waals surface area contributed by atoms with E-state index in [1.807, 2.05) is 42.5 Å². The molecule has 0 atom stereocenters. The van der Waals surface area contributed by atoms with Gasteiger partial charge in [-0.2, -0.15) is 0 Å². The summed E-state index contributed by atoms with van der Waals surface area (Å²) in [5.41, 5.74) is 4.34. The third-order valence-electron chi connectivity index (χ3n) is 4.26. The molecule has 28 heavy (non-hydrogen) atoms. The van der Waals surface area contributed by atoms with Crippen molar-refractivity contribution in [2.24, 2.45) is 0 Å². The van der Waals surface area contributed by atoms with Crippen LogP contribution in [0.25, 0.3) is 11.1 Å². The number of aliphatic hydroxyl groups excluding tert-OH is 1. The van der Waals surface area contributed by atoms with Crippen molar-refractivity contribution in [1.29, 1.82) is 0 Å². The van der Waals surface area contributed by atoms with E-state index in [2.05, 4.69) is 6.58 Å². The van der Waals surface area contributed by atoms with Crippen LogP contribution in [0.3, 0.4) is 0 Å². The number of alkyl halides is 1. The van der Waals surface area contributed by atoms with Crippen LogP contribution in [0.4, 0.5) is 4.39 Å². The third kappa shape index (κ3) is 6.50. The van der Waals surface area contributed by atoms with E-state index in [0.29, 0.717) is 24.2 Å². The molecular weight excluding hydrogens is 359 g/mol. The molecule has 0 unspecified atom stereocenters. The average Bonchev–Trinajstić information content (AvgIpc) is 2.71. The van der Waals surface area contributed by atoms with Crippen molar-refractivity contribution >= 4 is 5.97 Å². The lowest BCUT2D eigenvalue weighted by Gasteiger charge is -2.14. The van der Waals surface area contributed by atoms with Crippen LogP contribution >= 0.6 is 0 Å². The minimum absolute atomic E-state index is 0.0175. The Bertz CT molecular complexity index is 784. The number of rotatable bonds is 11. The van der Waals surface area contributed by atoms with Crippen molar-refractivity contribution in [1.82, 2.24) is 0 Å². The highest BCUT2D eigenvalue weighted by atomic mass is 19.1. The Morgan fingerprint density at radius 3 is 2.43 bits per heavy atom. The van der Waals surface area contributed by atoms with Crippen molar-refractivity contribution in [2.75, 3.05) is 26.5 Å². The predicted octanol–water partition coefficient (Wildman–Crippen LogP) is 4.29. The summed E-state index contributed by atoms with van der Waals surface area (Å²) in [4.78, 5) is 11.4. The van der Waals surface area contributed by atoms with Crippen LogP contribution in [-0.2, 0) is 22.4 Å². The Labute approximate surface area is 165 Å². The fourth-order valence-electron chi connectivity index (χ4n) is 2.74. The van der Waals surface area contributed by atoms with E-state index in [4.69, 9.17) is 9.47 Å². The van der Waals surface area contributed by atoms with Gasteiger partial charge in [0.1, 0.15) is 19.0 Å². The normalized spacial score (nSPS) is 10.5. The molecule has 0 radical (unpaired) electrons. The molecule has 5 heteroatoms. The molecule has 0 aliphatic carbocycles. The first-order valence-corrected chi connectivity index (χ1v) is 9.39. The van der Waals surface area contributed by atoms with Crippen molar-refractivity contribution in [2.45, 2.75) is 26.2 Å². The van der Waals surface area contributed by atoms with Gasteiger partial charge in [0.15, 0.2) is 0 Å². The largest absolute Gasteiger partial charge is 0.490 e. The molecule has 150 valence electrons. The zero-order chi connectivity index (χ0) is 20.4. The van der Waals surface area contributed by atoms with Gasteiger partial charge in [0.2, 0.25) is 0 Å². The van der Waals surface area contributed by atoms with Crippen LogP contribution in [0, 0.1) is 0 Å². The maximum Gasteiger partial charge on any atom is 0.333 e. The highest BCUT2D eigenvalue weighted by Crippen LogP contribution is 2.28. The van der Waals surface area contributed by atoms with Crippen molar-refractivity contribution in [3.8, 4) is 16.9 Å². The van der Waals surface area contributed by atoms with Crippen LogP contribution in [0.1, 0.15) is 24.5 Å². The maximum atomic E-state index is 12.3. The number of carbonyl (C=O) groups excluding carboxylic acids is 1. The van der Waals surface area contributed by atoms with Gasteiger partial charge in [0.05, 0.1) is 6.67 Å². The number of hydrogen-bond donors (Lipinski definition) is 1. The molecule has 2 aromatic rings. The van der Waals surface area contributed by atoms with Gasteiger partial charge < -0.3 is 14.6 Å². The average molecular weight is 386 g/mol. The van der Waals surface area contributed by atoms with Crippen molar-refractivity contribution in [3.05, 3.63) is 65.7 Å². The highest BCUT2D eigenvalue weighted by Gasteiger charge is 2.08. The molecule has 4 nitrogen and oxygen atoms in total. The zero-order valence-electron chi connectivity index (χ0n) is 16.2. The molecule has 2 aromatic carbocycles. The second-order valence-corrected chi connectivity index (χ2v) is 6.55. The van der Waals surface area contributed by atoms with E-state index < -0.39 is 5.97 Å². The minimum atomic E-state index is -0.444. The number of aryl methyl sites for hydroxylation is 1. The van der Waals surface area contributed by atoms with E-state index in [1.54, 1.807) is 6.92 Å². The maximum absolute atomic E-state index is 12.3. The molecule has 1 N–H and O–H groups in total. The number of carbonyl (C=O) groups is 1. The molecule has 0 aromatic heterocycles. The van der Waals surface area contributed by atoms with Gasteiger partial charge in [-0.3, -0.25) is 4.39 Å². The molecule has 2 rings (SSSR count). The first-order chi connectivity index (χ1) is 13.5. The lowest BCUT2D eigenvalue weighted by atomic mass is 10.00. The van der Waals surface area contributed by atoms with Gasteiger partial charge in [-0.1, -0.05) is 43.0 Å². The summed E-state index contributed by atoms with van der Waals surface area (Å²) in [7, 11) is 0. The summed E-state index contributed by atoms with van der Waals surface area (Å²) in [6, 6.07) is 13.9. The summed E-state index contributed by atoms with van der Waals surface area (Å²) in [5, 5.41) is 9.28. The van der Waals surface area contributed by atoms with E-state index in [9.17, 15) is 14.3 Å². The molecule has 0 bridgehead atoms. The van der Waals surface area contributed by atoms with E-state index in [0.717, 1.165) is 28.7 Å². The molecule has 0 fully saturated rings. The molecule has 0 aliphatic heterocycles. The summed E-state index contributed by atoms with van der Waals surface area (Å²) < 4.78 is 23.2. The SMILES string of the molecule is C=C(C)C(=O)OCCOc1cc(-c2ccc(CCCF)cc2)ccc1CCO. The monoisotopic (exact) mass is 386 g/mol. The first-order valence-electron chi connectivity index (χ1n) is 9.39. The highest BCUT2D eigenvalue weighted by molar-refractivity contribution is 5.86. The van der Waals surface area contributed by atoms with Crippen LogP contribution in [0.5, 0.6) is 5.75 Å². The summed E-state index contributed by atoms with van der Waals surface area (Å²) >= 11 is 0. The second kappa shape index (κ2) is 11.2. The summed E-state index contributed by atoms with van der Waals surface area (Å²) in [5.74, 6) is 0.209. The van der Waals surface area contributed by atoms with Gasteiger partial charge in [0.25, 0.3) is 0 Å². The van der Waals surface area contributed by atoms with Gasteiger partial charge in [-0.25, -0.2) is 4.79 Å². The van der Waals surface area contributed by atoms with Crippen molar-refractivity contribution < 1.29 is 23.8 Å².